The lowest BCUT2D eigenvalue weighted by atomic mass is 10.2. The Labute approximate surface area is 110 Å². The number of nitrogen functional groups attached to an aromatic ring is 1. The monoisotopic (exact) mass is 258 g/mol. The van der Waals surface area contributed by atoms with Gasteiger partial charge < -0.3 is 15.8 Å². The molecule has 6 nitrogen and oxygen atoms in total. The fourth-order valence-corrected chi connectivity index (χ4v) is 1.50. The van der Waals surface area contributed by atoms with Crippen molar-refractivity contribution in [2.45, 2.75) is 6.92 Å². The van der Waals surface area contributed by atoms with E-state index < -0.39 is 0 Å². The summed E-state index contributed by atoms with van der Waals surface area (Å²) in [6.45, 7) is 2.42. The highest BCUT2D eigenvalue weighted by molar-refractivity contribution is 6.07. The Morgan fingerprint density at radius 1 is 1.37 bits per heavy atom. The van der Waals surface area contributed by atoms with Crippen LogP contribution in [0, 0.1) is 0 Å². The van der Waals surface area contributed by atoms with Gasteiger partial charge in [-0.1, -0.05) is 0 Å². The zero-order valence-corrected chi connectivity index (χ0v) is 10.5. The van der Waals surface area contributed by atoms with Crippen molar-refractivity contribution in [1.29, 1.82) is 0 Å². The minimum absolute atomic E-state index is 0.193. The highest BCUT2D eigenvalue weighted by Gasteiger charge is 2.10. The number of rotatable bonds is 4. The minimum atomic E-state index is -0.323. The fourth-order valence-electron chi connectivity index (χ4n) is 1.50. The van der Waals surface area contributed by atoms with Crippen molar-refractivity contribution in [2.75, 3.05) is 17.7 Å². The van der Waals surface area contributed by atoms with E-state index in [0.29, 0.717) is 23.7 Å². The topological polar surface area (TPSA) is 90.1 Å². The van der Waals surface area contributed by atoms with Crippen LogP contribution in [0.4, 0.5) is 11.5 Å². The number of carbonyl (C=O) groups is 1. The molecule has 0 aliphatic rings. The SMILES string of the molecule is CCOc1ccc(NC(=O)c2cccnc2N)cn1. The maximum atomic E-state index is 12.0. The van der Waals surface area contributed by atoms with Gasteiger partial charge in [-0.2, -0.15) is 0 Å². The van der Waals surface area contributed by atoms with Gasteiger partial charge >= 0.3 is 0 Å². The number of nitrogens with zero attached hydrogens (tertiary/aromatic N) is 2. The van der Waals surface area contributed by atoms with Gasteiger partial charge in [0.15, 0.2) is 0 Å². The van der Waals surface area contributed by atoms with E-state index in [-0.39, 0.29) is 11.7 Å². The molecule has 0 unspecified atom stereocenters. The Kier molecular flexibility index (Phi) is 3.92. The third-order valence-corrected chi connectivity index (χ3v) is 2.37. The fraction of sp³-hybridized carbons (Fsp3) is 0.154. The molecular weight excluding hydrogens is 244 g/mol. The average Bonchev–Trinajstić information content (AvgIpc) is 2.42. The lowest BCUT2D eigenvalue weighted by molar-refractivity contribution is 0.102. The van der Waals surface area contributed by atoms with Gasteiger partial charge in [-0.15, -0.1) is 0 Å². The Balaban J connectivity index is 2.09. The van der Waals surface area contributed by atoms with Gasteiger partial charge in [-0.25, -0.2) is 9.97 Å². The second kappa shape index (κ2) is 5.81. The molecule has 2 rings (SSSR count). The zero-order valence-electron chi connectivity index (χ0n) is 10.5. The number of nitrogens with one attached hydrogen (secondary N) is 1. The van der Waals surface area contributed by atoms with E-state index >= 15 is 0 Å². The first-order valence-corrected chi connectivity index (χ1v) is 5.81. The van der Waals surface area contributed by atoms with Gasteiger partial charge in [-0.3, -0.25) is 4.79 Å². The van der Waals surface area contributed by atoms with Crippen molar-refractivity contribution in [1.82, 2.24) is 9.97 Å². The Bertz CT molecular complexity index is 569. The summed E-state index contributed by atoms with van der Waals surface area (Å²) in [6.07, 6.45) is 3.06. The van der Waals surface area contributed by atoms with Crippen molar-refractivity contribution in [2.24, 2.45) is 0 Å². The number of hydrogen-bond acceptors (Lipinski definition) is 5. The first kappa shape index (κ1) is 12.8. The van der Waals surface area contributed by atoms with Crippen LogP contribution in [0.15, 0.2) is 36.7 Å². The van der Waals surface area contributed by atoms with Gasteiger partial charge in [0, 0.05) is 12.3 Å². The molecule has 0 aromatic carbocycles. The van der Waals surface area contributed by atoms with Crippen LogP contribution in [0.2, 0.25) is 0 Å². The highest BCUT2D eigenvalue weighted by atomic mass is 16.5. The zero-order chi connectivity index (χ0) is 13.7. The van der Waals surface area contributed by atoms with Gasteiger partial charge in [0.25, 0.3) is 5.91 Å². The second-order valence-corrected chi connectivity index (χ2v) is 3.71. The number of ether oxygens (including phenoxy) is 1. The lowest BCUT2D eigenvalue weighted by Crippen LogP contribution is -2.14. The van der Waals surface area contributed by atoms with E-state index in [1.165, 1.54) is 12.4 Å². The molecule has 2 heterocycles. The van der Waals surface area contributed by atoms with Crippen molar-refractivity contribution >= 4 is 17.4 Å². The van der Waals surface area contributed by atoms with Crippen LogP contribution in [0.3, 0.4) is 0 Å². The molecule has 2 aromatic heterocycles. The molecule has 1 amide bonds. The van der Waals surface area contributed by atoms with E-state index in [1.807, 2.05) is 6.92 Å². The standard InChI is InChI=1S/C13H14N4O2/c1-2-19-11-6-5-9(8-16-11)17-13(18)10-4-3-7-15-12(10)14/h3-8H,2H2,1H3,(H2,14,15)(H,17,18). The predicted molar refractivity (Wildman–Crippen MR) is 72.0 cm³/mol. The number of pyridine rings is 2. The molecule has 0 fully saturated rings. The van der Waals surface area contributed by atoms with Gasteiger partial charge in [0.1, 0.15) is 5.82 Å². The van der Waals surface area contributed by atoms with E-state index in [4.69, 9.17) is 10.5 Å². The minimum Gasteiger partial charge on any atom is -0.478 e. The molecule has 0 saturated heterocycles. The molecule has 0 aliphatic heterocycles. The number of amides is 1. The number of carbonyl (C=O) groups excluding carboxylic acids is 1. The number of hydrogen-bond donors (Lipinski definition) is 2. The van der Waals surface area contributed by atoms with E-state index in [2.05, 4.69) is 15.3 Å². The quantitative estimate of drug-likeness (QED) is 0.871. The third-order valence-electron chi connectivity index (χ3n) is 2.37. The van der Waals surface area contributed by atoms with Crippen LogP contribution in [0.5, 0.6) is 5.88 Å². The van der Waals surface area contributed by atoms with Crippen LogP contribution in [0.25, 0.3) is 0 Å². The lowest BCUT2D eigenvalue weighted by Gasteiger charge is -2.07. The molecule has 0 radical (unpaired) electrons. The maximum Gasteiger partial charge on any atom is 0.259 e. The Hall–Kier alpha value is -2.63. The molecule has 19 heavy (non-hydrogen) atoms. The molecule has 0 bridgehead atoms. The van der Waals surface area contributed by atoms with Gasteiger partial charge in [0.2, 0.25) is 5.88 Å². The highest BCUT2D eigenvalue weighted by Crippen LogP contribution is 2.14. The summed E-state index contributed by atoms with van der Waals surface area (Å²) in [5, 5.41) is 2.69. The normalized spacial score (nSPS) is 9.95. The average molecular weight is 258 g/mol. The molecule has 6 heteroatoms. The third kappa shape index (κ3) is 3.19. The van der Waals surface area contributed by atoms with E-state index in [1.54, 1.807) is 24.3 Å². The van der Waals surface area contributed by atoms with Crippen LogP contribution in [-0.4, -0.2) is 22.5 Å². The van der Waals surface area contributed by atoms with Crippen LogP contribution in [-0.2, 0) is 0 Å². The summed E-state index contributed by atoms with van der Waals surface area (Å²) in [5.41, 5.74) is 6.53. The van der Waals surface area contributed by atoms with Crippen molar-refractivity contribution < 1.29 is 9.53 Å². The Morgan fingerprint density at radius 3 is 2.84 bits per heavy atom. The van der Waals surface area contributed by atoms with Crippen LogP contribution >= 0.6 is 0 Å². The Morgan fingerprint density at radius 2 is 2.21 bits per heavy atom. The second-order valence-electron chi connectivity index (χ2n) is 3.71. The van der Waals surface area contributed by atoms with Crippen molar-refractivity contribution in [3.05, 3.63) is 42.2 Å². The molecule has 0 aliphatic carbocycles. The molecule has 98 valence electrons. The molecule has 2 aromatic rings. The van der Waals surface area contributed by atoms with Crippen molar-refractivity contribution in [3.63, 3.8) is 0 Å². The van der Waals surface area contributed by atoms with Crippen molar-refractivity contribution in [3.8, 4) is 5.88 Å². The first-order chi connectivity index (χ1) is 9.20. The molecular formula is C13H14N4O2. The summed E-state index contributed by atoms with van der Waals surface area (Å²) in [6, 6.07) is 6.66. The number of aromatic nitrogens is 2. The molecule has 0 spiro atoms. The first-order valence-electron chi connectivity index (χ1n) is 5.81. The largest absolute Gasteiger partial charge is 0.478 e. The van der Waals surface area contributed by atoms with Crippen LogP contribution in [0.1, 0.15) is 17.3 Å². The van der Waals surface area contributed by atoms with E-state index in [0.717, 1.165) is 0 Å². The smallest absolute Gasteiger partial charge is 0.259 e. The summed E-state index contributed by atoms with van der Waals surface area (Å²) in [4.78, 5) is 19.9. The van der Waals surface area contributed by atoms with E-state index in [9.17, 15) is 4.79 Å². The maximum absolute atomic E-state index is 12.0. The molecule has 0 atom stereocenters. The summed E-state index contributed by atoms with van der Waals surface area (Å²) in [5.74, 6) is 0.386. The van der Waals surface area contributed by atoms with Gasteiger partial charge in [-0.05, 0) is 25.1 Å². The predicted octanol–water partition coefficient (Wildman–Crippen LogP) is 1.71. The van der Waals surface area contributed by atoms with Gasteiger partial charge in [0.05, 0.1) is 24.1 Å². The number of anilines is 2. The molecule has 0 saturated carbocycles. The number of nitrogens with two attached hydrogens (primary N) is 1. The summed E-state index contributed by atoms with van der Waals surface area (Å²) < 4.78 is 5.22. The van der Waals surface area contributed by atoms with Crippen LogP contribution < -0.4 is 15.8 Å². The summed E-state index contributed by atoms with van der Waals surface area (Å²) in [7, 11) is 0. The molecule has 3 N–H and O–H groups in total. The summed E-state index contributed by atoms with van der Waals surface area (Å²) >= 11 is 0.